The van der Waals surface area contributed by atoms with E-state index >= 15 is 0 Å². The predicted molar refractivity (Wildman–Crippen MR) is 134 cm³/mol. The molecule has 5 N–H and O–H groups in total. The lowest BCUT2D eigenvalue weighted by atomic mass is 10.0. The maximum atomic E-state index is 12.8. The number of hydrogen-bond donors (Lipinski definition) is 5. The number of carbonyl (C=O) groups excluding carboxylic acids is 3. The van der Waals surface area contributed by atoms with Gasteiger partial charge in [-0.25, -0.2) is 4.79 Å². The van der Waals surface area contributed by atoms with E-state index in [1.165, 1.54) is 30.5 Å². The van der Waals surface area contributed by atoms with Crippen molar-refractivity contribution in [2.75, 3.05) is 13.1 Å². The van der Waals surface area contributed by atoms with Crippen molar-refractivity contribution in [3.63, 3.8) is 0 Å². The lowest BCUT2D eigenvalue weighted by molar-refractivity contribution is -0.139. The van der Waals surface area contributed by atoms with Gasteiger partial charge in [0.05, 0.1) is 27.9 Å². The molecule has 1 aromatic heterocycles. The van der Waals surface area contributed by atoms with E-state index in [0.717, 1.165) is 6.42 Å². The molecule has 3 rings (SSSR count). The highest BCUT2D eigenvalue weighted by molar-refractivity contribution is 6.39. The zero-order valence-corrected chi connectivity index (χ0v) is 20.9. The molecular formula is C24H26Cl2N4O6. The van der Waals surface area contributed by atoms with Crippen LogP contribution in [-0.2, 0) is 20.9 Å². The fraction of sp³-hybridized carbons (Fsp3) is 0.333. The molecule has 1 aromatic carbocycles. The normalized spacial score (nSPS) is 18.1. The van der Waals surface area contributed by atoms with Crippen LogP contribution >= 0.6 is 23.2 Å². The molecule has 12 heteroatoms. The molecule has 1 fully saturated rings. The van der Waals surface area contributed by atoms with Crippen LogP contribution in [0.25, 0.3) is 6.08 Å². The van der Waals surface area contributed by atoms with E-state index in [2.05, 4.69) is 21.3 Å². The summed E-state index contributed by atoms with van der Waals surface area (Å²) in [6, 6.07) is 4.48. The van der Waals surface area contributed by atoms with E-state index in [4.69, 9.17) is 27.6 Å². The molecule has 0 radical (unpaired) electrons. The van der Waals surface area contributed by atoms with Crippen molar-refractivity contribution >= 4 is 53.0 Å². The smallest absolute Gasteiger partial charge is 0.328 e. The van der Waals surface area contributed by atoms with Gasteiger partial charge in [-0.05, 0) is 54.8 Å². The van der Waals surface area contributed by atoms with Crippen LogP contribution in [-0.4, -0.2) is 54.0 Å². The number of carbonyl (C=O) groups is 4. The molecule has 192 valence electrons. The highest BCUT2D eigenvalue weighted by Gasteiger charge is 2.31. The second kappa shape index (κ2) is 12.6. The minimum absolute atomic E-state index is 0.0208. The van der Waals surface area contributed by atoms with E-state index in [-0.39, 0.29) is 46.4 Å². The first-order valence-corrected chi connectivity index (χ1v) is 11.9. The van der Waals surface area contributed by atoms with Gasteiger partial charge in [0.1, 0.15) is 11.8 Å². The van der Waals surface area contributed by atoms with Gasteiger partial charge in [-0.1, -0.05) is 30.1 Å². The summed E-state index contributed by atoms with van der Waals surface area (Å²) in [6.07, 6.45) is 5.14. The maximum Gasteiger partial charge on any atom is 0.328 e. The van der Waals surface area contributed by atoms with Gasteiger partial charge in [-0.15, -0.1) is 0 Å². The van der Waals surface area contributed by atoms with Gasteiger partial charge in [0.25, 0.3) is 5.91 Å². The third kappa shape index (κ3) is 7.33. The van der Waals surface area contributed by atoms with Gasteiger partial charge in [-0.2, -0.15) is 0 Å². The average Bonchev–Trinajstić information content (AvgIpc) is 3.50. The Morgan fingerprint density at radius 2 is 1.94 bits per heavy atom. The SMILES string of the molecule is C[C@H]1CCN[C@@H]1C(=O)NC[C@H](NC(=O)c1c(Cl)cc(CNC(=O)/C=C/c2ccco2)cc1Cl)C(=O)O. The first-order valence-electron chi connectivity index (χ1n) is 11.2. The molecule has 0 unspecified atom stereocenters. The summed E-state index contributed by atoms with van der Waals surface area (Å²) in [5, 5.41) is 20.1. The number of nitrogens with one attached hydrogen (secondary N) is 4. The van der Waals surface area contributed by atoms with Crippen molar-refractivity contribution in [1.82, 2.24) is 21.3 Å². The Kier molecular flexibility index (Phi) is 9.51. The van der Waals surface area contributed by atoms with Gasteiger partial charge < -0.3 is 30.8 Å². The van der Waals surface area contributed by atoms with Crippen molar-refractivity contribution < 1.29 is 28.7 Å². The molecule has 0 saturated carbocycles. The Bertz CT molecular complexity index is 1130. The largest absolute Gasteiger partial charge is 0.480 e. The average molecular weight is 537 g/mol. The molecule has 0 spiro atoms. The van der Waals surface area contributed by atoms with Crippen LogP contribution in [0.15, 0.2) is 41.0 Å². The van der Waals surface area contributed by atoms with Crippen LogP contribution in [0.4, 0.5) is 0 Å². The number of aliphatic carboxylic acids is 1. The number of carboxylic acid groups (broad SMARTS) is 1. The molecule has 2 aromatic rings. The number of benzene rings is 1. The molecule has 3 atom stereocenters. The molecule has 1 aliphatic heterocycles. The maximum absolute atomic E-state index is 12.8. The molecule has 36 heavy (non-hydrogen) atoms. The second-order valence-corrected chi connectivity index (χ2v) is 9.12. The predicted octanol–water partition coefficient (Wildman–Crippen LogP) is 2.21. The summed E-state index contributed by atoms with van der Waals surface area (Å²) in [5.74, 6) is -2.20. The Labute approximate surface area is 217 Å². The Morgan fingerprint density at radius 1 is 1.22 bits per heavy atom. The van der Waals surface area contributed by atoms with E-state index in [0.29, 0.717) is 17.9 Å². The summed E-state index contributed by atoms with van der Waals surface area (Å²) < 4.78 is 5.11. The number of rotatable bonds is 10. The number of carboxylic acids is 1. The fourth-order valence-electron chi connectivity index (χ4n) is 3.67. The standard InChI is InChI=1S/C24H26Cl2N4O6/c1-13-6-7-27-21(13)23(33)29-12-18(24(34)35)30-22(32)20-16(25)9-14(10-17(20)26)11-28-19(31)5-4-15-3-2-8-36-15/h2-5,8-10,13,18,21,27H,6-7,11-12H2,1H3,(H,28,31)(H,29,33)(H,30,32)(H,34,35)/b5-4+/t13-,18-,21-/m0/s1. The number of furan rings is 1. The van der Waals surface area contributed by atoms with Crippen molar-refractivity contribution in [1.29, 1.82) is 0 Å². The van der Waals surface area contributed by atoms with Crippen LogP contribution in [0.3, 0.4) is 0 Å². The topological polar surface area (TPSA) is 150 Å². The first-order chi connectivity index (χ1) is 17.2. The summed E-state index contributed by atoms with van der Waals surface area (Å²) in [4.78, 5) is 48.8. The molecule has 10 nitrogen and oxygen atoms in total. The molecular weight excluding hydrogens is 511 g/mol. The molecule has 2 heterocycles. The minimum Gasteiger partial charge on any atom is -0.480 e. The second-order valence-electron chi connectivity index (χ2n) is 8.31. The van der Waals surface area contributed by atoms with E-state index < -0.39 is 24.0 Å². The van der Waals surface area contributed by atoms with Gasteiger partial charge in [-0.3, -0.25) is 14.4 Å². The van der Waals surface area contributed by atoms with Crippen LogP contribution in [0, 0.1) is 5.92 Å². The van der Waals surface area contributed by atoms with E-state index in [1.807, 2.05) is 6.92 Å². The Balaban J connectivity index is 1.58. The monoisotopic (exact) mass is 536 g/mol. The lowest BCUT2D eigenvalue weighted by Crippen LogP contribution is -2.52. The van der Waals surface area contributed by atoms with E-state index in [9.17, 15) is 24.3 Å². The molecule has 0 aliphatic carbocycles. The lowest BCUT2D eigenvalue weighted by Gasteiger charge is -2.19. The summed E-state index contributed by atoms with van der Waals surface area (Å²) in [7, 11) is 0. The third-order valence-corrected chi connectivity index (χ3v) is 6.23. The first kappa shape index (κ1) is 27.3. The van der Waals surface area contributed by atoms with Gasteiger partial charge in [0.2, 0.25) is 11.8 Å². The van der Waals surface area contributed by atoms with Crippen molar-refractivity contribution in [2.24, 2.45) is 5.92 Å². The molecule has 1 saturated heterocycles. The van der Waals surface area contributed by atoms with Crippen LogP contribution in [0.5, 0.6) is 0 Å². The minimum atomic E-state index is -1.40. The highest BCUT2D eigenvalue weighted by Crippen LogP contribution is 2.27. The van der Waals surface area contributed by atoms with Gasteiger partial charge in [0.15, 0.2) is 0 Å². The summed E-state index contributed by atoms with van der Waals surface area (Å²) in [6.45, 7) is 2.41. The highest BCUT2D eigenvalue weighted by atomic mass is 35.5. The summed E-state index contributed by atoms with van der Waals surface area (Å²) >= 11 is 12.5. The van der Waals surface area contributed by atoms with Crippen molar-refractivity contribution in [2.45, 2.75) is 32.0 Å². The van der Waals surface area contributed by atoms with Gasteiger partial charge >= 0.3 is 5.97 Å². The zero-order chi connectivity index (χ0) is 26.2. The van der Waals surface area contributed by atoms with E-state index in [1.54, 1.807) is 12.1 Å². The van der Waals surface area contributed by atoms with Crippen LogP contribution in [0.1, 0.15) is 35.0 Å². The fourth-order valence-corrected chi connectivity index (χ4v) is 4.37. The Morgan fingerprint density at radius 3 is 2.53 bits per heavy atom. The third-order valence-electron chi connectivity index (χ3n) is 5.64. The summed E-state index contributed by atoms with van der Waals surface area (Å²) in [5.41, 5.74) is 0.413. The zero-order valence-electron chi connectivity index (χ0n) is 19.3. The molecule has 3 amide bonds. The van der Waals surface area contributed by atoms with Gasteiger partial charge in [0, 0.05) is 19.2 Å². The van der Waals surface area contributed by atoms with Crippen molar-refractivity contribution in [3.8, 4) is 0 Å². The van der Waals surface area contributed by atoms with Crippen LogP contribution < -0.4 is 21.3 Å². The number of halogens is 2. The van der Waals surface area contributed by atoms with Crippen LogP contribution in [0.2, 0.25) is 10.0 Å². The molecule has 1 aliphatic rings. The van der Waals surface area contributed by atoms with Crippen molar-refractivity contribution in [3.05, 3.63) is 63.5 Å². The molecule has 0 bridgehead atoms. The quantitative estimate of drug-likeness (QED) is 0.292. The Hall–Kier alpha value is -3.34. The number of hydrogen-bond acceptors (Lipinski definition) is 6. The number of amides is 3.